The number of nitrogens with one attached hydrogen (secondary N) is 2. The van der Waals surface area contributed by atoms with E-state index >= 15 is 0 Å². The molecule has 4 nitrogen and oxygen atoms in total. The number of carbonyl (C=O) groups excluding carboxylic acids is 1. The first-order valence-corrected chi connectivity index (χ1v) is 7.85. The summed E-state index contributed by atoms with van der Waals surface area (Å²) in [5.74, 6) is 1.75. The van der Waals surface area contributed by atoms with Crippen LogP contribution < -0.4 is 15.4 Å². The van der Waals surface area contributed by atoms with Crippen LogP contribution in [0.1, 0.15) is 38.2 Å². The lowest BCUT2D eigenvalue weighted by atomic mass is 10.00. The van der Waals surface area contributed by atoms with E-state index in [-0.39, 0.29) is 12.5 Å². The Morgan fingerprint density at radius 3 is 2.76 bits per heavy atom. The van der Waals surface area contributed by atoms with Gasteiger partial charge in [-0.2, -0.15) is 0 Å². The summed E-state index contributed by atoms with van der Waals surface area (Å²) in [5, 5.41) is 6.30. The van der Waals surface area contributed by atoms with Gasteiger partial charge < -0.3 is 15.4 Å². The maximum atomic E-state index is 11.8. The van der Waals surface area contributed by atoms with Crippen LogP contribution in [-0.4, -0.2) is 32.1 Å². The number of hydrogen-bond donors (Lipinski definition) is 2. The molecule has 0 radical (unpaired) electrons. The first-order valence-electron chi connectivity index (χ1n) is 7.85. The minimum absolute atomic E-state index is 0.0477. The second kappa shape index (κ2) is 8.03. The summed E-state index contributed by atoms with van der Waals surface area (Å²) in [6.45, 7) is 7.23. The van der Waals surface area contributed by atoms with Gasteiger partial charge in [0, 0.05) is 6.54 Å². The summed E-state index contributed by atoms with van der Waals surface area (Å²) < 4.78 is 5.51. The van der Waals surface area contributed by atoms with Crippen LogP contribution in [0.4, 0.5) is 0 Å². The Morgan fingerprint density at radius 1 is 1.38 bits per heavy atom. The molecule has 2 N–H and O–H groups in total. The van der Waals surface area contributed by atoms with Gasteiger partial charge in [-0.3, -0.25) is 4.79 Å². The van der Waals surface area contributed by atoms with Crippen molar-refractivity contribution in [3.05, 3.63) is 29.8 Å². The zero-order chi connectivity index (χ0) is 15.1. The lowest BCUT2D eigenvalue weighted by Gasteiger charge is -2.22. The van der Waals surface area contributed by atoms with Crippen LogP contribution in [0, 0.1) is 5.92 Å². The molecule has 1 atom stereocenters. The van der Waals surface area contributed by atoms with E-state index in [0.29, 0.717) is 11.8 Å². The van der Waals surface area contributed by atoms with E-state index < -0.39 is 0 Å². The topological polar surface area (TPSA) is 50.4 Å². The summed E-state index contributed by atoms with van der Waals surface area (Å²) in [6.07, 6.45) is 2.38. The summed E-state index contributed by atoms with van der Waals surface area (Å²) in [5.41, 5.74) is 1.27. The van der Waals surface area contributed by atoms with Crippen LogP contribution >= 0.6 is 0 Å². The van der Waals surface area contributed by atoms with E-state index in [0.717, 1.165) is 25.4 Å². The van der Waals surface area contributed by atoms with E-state index in [9.17, 15) is 4.79 Å². The molecule has 1 aliphatic heterocycles. The highest BCUT2D eigenvalue weighted by atomic mass is 16.5. The zero-order valence-corrected chi connectivity index (χ0v) is 13.0. The van der Waals surface area contributed by atoms with E-state index in [4.69, 9.17) is 4.74 Å². The van der Waals surface area contributed by atoms with E-state index in [1.54, 1.807) is 0 Å². The Balaban J connectivity index is 1.68. The van der Waals surface area contributed by atoms with Gasteiger partial charge in [0.15, 0.2) is 6.61 Å². The monoisotopic (exact) mass is 290 g/mol. The van der Waals surface area contributed by atoms with E-state index in [2.05, 4.69) is 24.5 Å². The molecule has 2 rings (SSSR count). The van der Waals surface area contributed by atoms with Gasteiger partial charge in [0.2, 0.25) is 0 Å². The average Bonchev–Trinajstić information content (AvgIpc) is 2.52. The second-order valence-corrected chi connectivity index (χ2v) is 6.03. The molecule has 1 aromatic rings. The van der Waals surface area contributed by atoms with Gasteiger partial charge in [0.05, 0.1) is 0 Å². The average molecular weight is 290 g/mol. The van der Waals surface area contributed by atoms with Crippen LogP contribution in [-0.2, 0) is 4.79 Å². The van der Waals surface area contributed by atoms with Crippen LogP contribution in [0.5, 0.6) is 5.75 Å². The molecule has 1 heterocycles. The maximum Gasteiger partial charge on any atom is 0.257 e. The molecule has 0 saturated carbocycles. The molecule has 1 amide bonds. The second-order valence-electron chi connectivity index (χ2n) is 6.03. The molecule has 1 saturated heterocycles. The molecule has 116 valence electrons. The maximum absolute atomic E-state index is 11.8. The van der Waals surface area contributed by atoms with Gasteiger partial charge in [-0.15, -0.1) is 0 Å². The van der Waals surface area contributed by atoms with Crippen molar-refractivity contribution in [2.45, 2.75) is 32.6 Å². The van der Waals surface area contributed by atoms with Crippen molar-refractivity contribution in [3.8, 4) is 5.75 Å². The first kappa shape index (κ1) is 15.8. The molecular weight excluding hydrogens is 264 g/mol. The fourth-order valence-electron chi connectivity index (χ4n) is 2.51. The predicted molar refractivity (Wildman–Crippen MR) is 84.6 cm³/mol. The number of rotatable bonds is 6. The molecule has 0 aromatic heterocycles. The third-order valence-corrected chi connectivity index (χ3v) is 3.90. The summed E-state index contributed by atoms with van der Waals surface area (Å²) in [7, 11) is 0. The van der Waals surface area contributed by atoms with E-state index in [1.807, 2.05) is 24.3 Å². The number of ether oxygens (including phenoxy) is 1. The summed E-state index contributed by atoms with van der Waals surface area (Å²) in [6, 6.07) is 7.94. The molecule has 0 spiro atoms. The zero-order valence-electron chi connectivity index (χ0n) is 13.0. The highest BCUT2D eigenvalue weighted by molar-refractivity contribution is 5.77. The van der Waals surface area contributed by atoms with E-state index in [1.165, 1.54) is 18.4 Å². The Labute approximate surface area is 127 Å². The minimum Gasteiger partial charge on any atom is -0.484 e. The fourth-order valence-corrected chi connectivity index (χ4v) is 2.51. The highest BCUT2D eigenvalue weighted by Crippen LogP contribution is 2.18. The number of piperidine rings is 1. The minimum atomic E-state index is -0.0477. The Kier molecular flexibility index (Phi) is 6.05. The third-order valence-electron chi connectivity index (χ3n) is 3.90. The van der Waals surface area contributed by atoms with Crippen LogP contribution in [0.25, 0.3) is 0 Å². The Bertz CT molecular complexity index is 437. The lowest BCUT2D eigenvalue weighted by molar-refractivity contribution is -0.123. The lowest BCUT2D eigenvalue weighted by Crippen LogP contribution is -2.39. The summed E-state index contributed by atoms with van der Waals surface area (Å²) >= 11 is 0. The van der Waals surface area contributed by atoms with Gasteiger partial charge in [0.1, 0.15) is 5.75 Å². The van der Waals surface area contributed by atoms with Gasteiger partial charge in [-0.05, 0) is 55.5 Å². The van der Waals surface area contributed by atoms with Crippen LogP contribution in [0.15, 0.2) is 24.3 Å². The molecule has 0 aliphatic carbocycles. The molecule has 0 bridgehead atoms. The standard InChI is InChI=1S/C17H26N2O2/c1-13(2)15-5-7-16(8-6-15)21-12-17(20)19-11-14-4-3-9-18-10-14/h5-8,13-14,18H,3-4,9-12H2,1-2H3,(H,19,20). The Hall–Kier alpha value is -1.55. The van der Waals surface area contributed by atoms with Crippen molar-refractivity contribution in [1.82, 2.24) is 10.6 Å². The summed E-state index contributed by atoms with van der Waals surface area (Å²) in [4.78, 5) is 11.8. The largest absolute Gasteiger partial charge is 0.484 e. The first-order chi connectivity index (χ1) is 10.1. The number of carbonyl (C=O) groups is 1. The highest BCUT2D eigenvalue weighted by Gasteiger charge is 2.13. The van der Waals surface area contributed by atoms with Crippen molar-refractivity contribution in [1.29, 1.82) is 0 Å². The van der Waals surface area contributed by atoms with Crippen molar-refractivity contribution in [3.63, 3.8) is 0 Å². The smallest absolute Gasteiger partial charge is 0.257 e. The van der Waals surface area contributed by atoms with Crippen molar-refractivity contribution in [2.75, 3.05) is 26.2 Å². The SMILES string of the molecule is CC(C)c1ccc(OCC(=O)NCC2CCCNC2)cc1. The molecule has 1 fully saturated rings. The van der Waals surface area contributed by atoms with Crippen molar-refractivity contribution in [2.24, 2.45) is 5.92 Å². The van der Waals surface area contributed by atoms with Crippen molar-refractivity contribution < 1.29 is 9.53 Å². The predicted octanol–water partition coefficient (Wildman–Crippen LogP) is 2.30. The van der Waals surface area contributed by atoms with Gasteiger partial charge in [-0.25, -0.2) is 0 Å². The van der Waals surface area contributed by atoms with Crippen LogP contribution in [0.2, 0.25) is 0 Å². The van der Waals surface area contributed by atoms with Gasteiger partial charge in [0.25, 0.3) is 5.91 Å². The molecule has 1 unspecified atom stereocenters. The molecule has 1 aromatic carbocycles. The number of benzene rings is 1. The quantitative estimate of drug-likeness (QED) is 0.845. The van der Waals surface area contributed by atoms with Gasteiger partial charge >= 0.3 is 0 Å². The molecule has 1 aliphatic rings. The molecule has 4 heteroatoms. The molecular formula is C17H26N2O2. The Morgan fingerprint density at radius 2 is 2.14 bits per heavy atom. The van der Waals surface area contributed by atoms with Crippen molar-refractivity contribution >= 4 is 5.91 Å². The fraction of sp³-hybridized carbons (Fsp3) is 0.588. The number of amides is 1. The van der Waals surface area contributed by atoms with Crippen LogP contribution in [0.3, 0.4) is 0 Å². The number of hydrogen-bond acceptors (Lipinski definition) is 3. The normalized spacial score (nSPS) is 18.5. The van der Waals surface area contributed by atoms with Gasteiger partial charge in [-0.1, -0.05) is 26.0 Å². The molecule has 21 heavy (non-hydrogen) atoms. The third kappa shape index (κ3) is 5.38.